The van der Waals surface area contributed by atoms with Crippen molar-refractivity contribution in [3.8, 4) is 0 Å². The molecule has 0 radical (unpaired) electrons. The van der Waals surface area contributed by atoms with Gasteiger partial charge in [-0.15, -0.1) is 23.5 Å². The van der Waals surface area contributed by atoms with Gasteiger partial charge in [-0.3, -0.25) is 9.80 Å². The lowest BCUT2D eigenvalue weighted by Gasteiger charge is -2.36. The predicted molar refractivity (Wildman–Crippen MR) is 110 cm³/mol. The molecule has 0 spiro atoms. The monoisotopic (exact) mass is 450 g/mol. The lowest BCUT2D eigenvalue weighted by molar-refractivity contribution is 0.153. The zero-order valence-electron chi connectivity index (χ0n) is 13.1. The lowest BCUT2D eigenvalue weighted by atomic mass is 10.2. The van der Waals surface area contributed by atoms with Gasteiger partial charge in [0.15, 0.2) is 0 Å². The van der Waals surface area contributed by atoms with E-state index in [1.54, 1.807) is 23.5 Å². The fourth-order valence-electron chi connectivity index (χ4n) is 3.04. The molecule has 4 rings (SSSR count). The zero-order valence-corrected chi connectivity index (χ0v) is 17.7. The molecule has 0 N–H and O–H groups in total. The number of rotatable bonds is 2. The standard InChI is InChI=1S/C17H14Cl4N2S2/c18-12-1-3-14-10(16(12)20)5-22(8-24-14)7-23-6-11-15(25-9-23)4-2-13(19)17(11)21/h1-4H,5-9H2. The minimum absolute atomic E-state index is 0.617. The summed E-state index contributed by atoms with van der Waals surface area (Å²) in [6.07, 6.45) is 0. The molecule has 0 amide bonds. The van der Waals surface area contributed by atoms with Gasteiger partial charge in [0.25, 0.3) is 0 Å². The second-order valence-electron chi connectivity index (χ2n) is 6.02. The van der Waals surface area contributed by atoms with Crippen molar-refractivity contribution in [2.75, 3.05) is 18.4 Å². The fraction of sp³-hybridized carbons (Fsp3) is 0.294. The summed E-state index contributed by atoms with van der Waals surface area (Å²) in [6, 6.07) is 7.85. The maximum atomic E-state index is 6.40. The topological polar surface area (TPSA) is 6.48 Å². The van der Waals surface area contributed by atoms with Crippen molar-refractivity contribution < 1.29 is 0 Å². The molecule has 132 valence electrons. The average Bonchev–Trinajstić information content (AvgIpc) is 2.62. The van der Waals surface area contributed by atoms with Crippen LogP contribution in [0, 0.1) is 0 Å². The van der Waals surface area contributed by atoms with Crippen molar-refractivity contribution in [2.24, 2.45) is 0 Å². The second-order valence-corrected chi connectivity index (χ2v) is 9.57. The Bertz CT molecular complexity index is 763. The Kier molecular flexibility index (Phi) is 5.71. The Morgan fingerprint density at radius 1 is 0.720 bits per heavy atom. The first-order valence-electron chi connectivity index (χ1n) is 7.67. The van der Waals surface area contributed by atoms with Crippen molar-refractivity contribution in [3.05, 3.63) is 55.5 Å². The van der Waals surface area contributed by atoms with Gasteiger partial charge in [0.1, 0.15) is 0 Å². The van der Waals surface area contributed by atoms with E-state index in [4.69, 9.17) is 46.4 Å². The number of nitrogens with zero attached hydrogens (tertiary/aromatic N) is 2. The highest BCUT2D eigenvalue weighted by Crippen LogP contribution is 2.40. The van der Waals surface area contributed by atoms with Crippen LogP contribution in [0.3, 0.4) is 0 Å². The highest BCUT2D eigenvalue weighted by atomic mass is 35.5. The van der Waals surface area contributed by atoms with Gasteiger partial charge in [-0.25, -0.2) is 0 Å². The van der Waals surface area contributed by atoms with Crippen LogP contribution in [-0.4, -0.2) is 28.2 Å². The summed E-state index contributed by atoms with van der Waals surface area (Å²) < 4.78 is 0. The second kappa shape index (κ2) is 7.69. The third kappa shape index (κ3) is 3.78. The van der Waals surface area contributed by atoms with Gasteiger partial charge < -0.3 is 0 Å². The van der Waals surface area contributed by atoms with Crippen molar-refractivity contribution in [1.29, 1.82) is 0 Å². The Hall–Kier alpha value is 0.220. The number of halogens is 4. The van der Waals surface area contributed by atoms with E-state index in [-0.39, 0.29) is 0 Å². The molecule has 25 heavy (non-hydrogen) atoms. The summed E-state index contributed by atoms with van der Waals surface area (Å²) in [5.41, 5.74) is 2.24. The van der Waals surface area contributed by atoms with Gasteiger partial charge >= 0.3 is 0 Å². The number of hydrogen-bond donors (Lipinski definition) is 0. The Labute approximate surface area is 175 Å². The third-order valence-electron chi connectivity index (χ3n) is 4.27. The van der Waals surface area contributed by atoms with Crippen LogP contribution in [0.2, 0.25) is 20.1 Å². The van der Waals surface area contributed by atoms with Crippen molar-refractivity contribution in [3.63, 3.8) is 0 Å². The van der Waals surface area contributed by atoms with Crippen molar-refractivity contribution in [1.82, 2.24) is 9.80 Å². The van der Waals surface area contributed by atoms with Gasteiger partial charge in [0, 0.05) is 22.9 Å². The van der Waals surface area contributed by atoms with Gasteiger partial charge in [-0.1, -0.05) is 46.4 Å². The first kappa shape index (κ1) is 18.6. The molecule has 2 aromatic carbocycles. The van der Waals surface area contributed by atoms with Crippen LogP contribution < -0.4 is 0 Å². The molecular formula is C17H14Cl4N2S2. The molecule has 0 atom stereocenters. The summed E-state index contributed by atoms with van der Waals surface area (Å²) >= 11 is 28.8. The minimum atomic E-state index is 0.617. The number of thioether (sulfide) groups is 2. The van der Waals surface area contributed by atoms with Crippen LogP contribution in [0.25, 0.3) is 0 Å². The molecular weight excluding hydrogens is 438 g/mol. The van der Waals surface area contributed by atoms with Gasteiger partial charge in [0.2, 0.25) is 0 Å². The first-order valence-corrected chi connectivity index (χ1v) is 11.2. The summed E-state index contributed by atoms with van der Waals surface area (Å²) in [4.78, 5) is 7.19. The molecule has 2 aliphatic heterocycles. The molecule has 0 saturated heterocycles. The first-order chi connectivity index (χ1) is 12.0. The average molecular weight is 452 g/mol. The van der Waals surface area contributed by atoms with E-state index in [1.807, 2.05) is 12.1 Å². The lowest BCUT2D eigenvalue weighted by Crippen LogP contribution is -2.39. The Balaban J connectivity index is 1.49. The van der Waals surface area contributed by atoms with E-state index in [2.05, 4.69) is 21.9 Å². The molecule has 0 aromatic heterocycles. The van der Waals surface area contributed by atoms with Crippen LogP contribution in [-0.2, 0) is 13.1 Å². The molecule has 0 aliphatic carbocycles. The highest BCUT2D eigenvalue weighted by molar-refractivity contribution is 7.99. The van der Waals surface area contributed by atoms with Crippen LogP contribution in [0.1, 0.15) is 11.1 Å². The molecule has 8 heteroatoms. The van der Waals surface area contributed by atoms with E-state index in [0.29, 0.717) is 20.1 Å². The van der Waals surface area contributed by atoms with E-state index < -0.39 is 0 Å². The molecule has 2 nitrogen and oxygen atoms in total. The van der Waals surface area contributed by atoms with E-state index >= 15 is 0 Å². The van der Waals surface area contributed by atoms with E-state index in [0.717, 1.165) is 42.6 Å². The fourth-order valence-corrected chi connectivity index (χ4v) is 5.95. The summed E-state index contributed by atoms with van der Waals surface area (Å²) in [5, 5.41) is 2.58. The third-order valence-corrected chi connectivity index (χ3v) is 8.34. The van der Waals surface area contributed by atoms with E-state index in [9.17, 15) is 0 Å². The molecule has 0 bridgehead atoms. The molecule has 0 saturated carbocycles. The van der Waals surface area contributed by atoms with Gasteiger partial charge in [-0.05, 0) is 35.4 Å². The number of fused-ring (bicyclic) bond motifs is 2. The summed E-state index contributed by atoms with van der Waals surface area (Å²) in [5.74, 6) is 1.87. The van der Waals surface area contributed by atoms with Crippen molar-refractivity contribution >= 4 is 69.9 Å². The van der Waals surface area contributed by atoms with Crippen LogP contribution >= 0.6 is 69.9 Å². The number of benzene rings is 2. The number of hydrogen-bond acceptors (Lipinski definition) is 4. The van der Waals surface area contributed by atoms with Gasteiger partial charge in [0.05, 0.1) is 38.5 Å². The van der Waals surface area contributed by atoms with Crippen LogP contribution in [0.4, 0.5) is 0 Å². The summed E-state index contributed by atoms with van der Waals surface area (Å²) in [7, 11) is 0. The smallest absolute Gasteiger partial charge is 0.0648 e. The van der Waals surface area contributed by atoms with Crippen molar-refractivity contribution in [2.45, 2.75) is 22.9 Å². The predicted octanol–water partition coefficient (Wildman–Crippen LogP) is 6.69. The van der Waals surface area contributed by atoms with Crippen LogP contribution in [0.5, 0.6) is 0 Å². The quantitative estimate of drug-likeness (QED) is 0.501. The molecule has 2 aliphatic rings. The normalized spacial score (nSPS) is 18.1. The maximum Gasteiger partial charge on any atom is 0.0648 e. The minimum Gasteiger partial charge on any atom is -0.276 e. The maximum absolute atomic E-state index is 6.40. The largest absolute Gasteiger partial charge is 0.276 e. The molecule has 0 unspecified atom stereocenters. The van der Waals surface area contributed by atoms with Gasteiger partial charge in [-0.2, -0.15) is 0 Å². The molecule has 2 heterocycles. The molecule has 0 fully saturated rings. The van der Waals surface area contributed by atoms with E-state index in [1.165, 1.54) is 9.79 Å². The zero-order chi connectivity index (χ0) is 17.6. The molecule has 2 aromatic rings. The Morgan fingerprint density at radius 3 is 1.60 bits per heavy atom. The Morgan fingerprint density at radius 2 is 1.16 bits per heavy atom. The highest BCUT2D eigenvalue weighted by Gasteiger charge is 2.25. The summed E-state index contributed by atoms with van der Waals surface area (Å²) in [6.45, 7) is 2.46. The van der Waals surface area contributed by atoms with Crippen LogP contribution in [0.15, 0.2) is 34.1 Å². The SMILES string of the molecule is Clc1ccc2c(c1Cl)CN(CN1CSc3ccc(Cl)c(Cl)c3C1)CS2.